The standard InChI is InChI=1S/C13H14BrNOS/c14-11-4-1-3-10(7-11)13(8-15)17-9-12-5-2-6-16-12/h1-7,13H,8-9,15H2. The van der Waals surface area contributed by atoms with Crippen LogP contribution in [-0.2, 0) is 5.75 Å². The fraction of sp³-hybridized carbons (Fsp3) is 0.231. The van der Waals surface area contributed by atoms with Crippen LogP contribution < -0.4 is 5.73 Å². The molecular weight excluding hydrogens is 298 g/mol. The van der Waals surface area contributed by atoms with Crippen LogP contribution in [0.2, 0.25) is 0 Å². The van der Waals surface area contributed by atoms with Crippen LogP contribution in [0.5, 0.6) is 0 Å². The predicted molar refractivity (Wildman–Crippen MR) is 75.9 cm³/mol. The summed E-state index contributed by atoms with van der Waals surface area (Å²) < 4.78 is 6.41. The van der Waals surface area contributed by atoms with Gasteiger partial charge < -0.3 is 10.2 Å². The van der Waals surface area contributed by atoms with E-state index in [1.54, 1.807) is 18.0 Å². The molecule has 0 spiro atoms. The quantitative estimate of drug-likeness (QED) is 0.908. The predicted octanol–water partition coefficient (Wildman–Crippen LogP) is 3.98. The zero-order chi connectivity index (χ0) is 12.1. The summed E-state index contributed by atoms with van der Waals surface area (Å²) in [5.41, 5.74) is 7.08. The Morgan fingerprint density at radius 1 is 1.29 bits per heavy atom. The van der Waals surface area contributed by atoms with E-state index in [4.69, 9.17) is 10.2 Å². The molecule has 0 amide bonds. The number of benzene rings is 1. The molecule has 0 aliphatic carbocycles. The van der Waals surface area contributed by atoms with Gasteiger partial charge in [0.15, 0.2) is 0 Å². The average molecular weight is 312 g/mol. The van der Waals surface area contributed by atoms with Gasteiger partial charge in [0.2, 0.25) is 0 Å². The molecule has 1 unspecified atom stereocenters. The molecule has 0 saturated carbocycles. The summed E-state index contributed by atoms with van der Waals surface area (Å²) in [7, 11) is 0. The number of hydrogen-bond acceptors (Lipinski definition) is 3. The lowest BCUT2D eigenvalue weighted by Gasteiger charge is -2.14. The first-order valence-electron chi connectivity index (χ1n) is 5.39. The molecule has 1 heterocycles. The van der Waals surface area contributed by atoms with Crippen molar-refractivity contribution in [3.8, 4) is 0 Å². The topological polar surface area (TPSA) is 39.2 Å². The maximum atomic E-state index is 5.83. The molecule has 0 radical (unpaired) electrons. The monoisotopic (exact) mass is 311 g/mol. The van der Waals surface area contributed by atoms with Gasteiger partial charge in [0.05, 0.1) is 12.0 Å². The summed E-state index contributed by atoms with van der Waals surface area (Å²) in [5.74, 6) is 1.84. The molecular formula is C13H14BrNOS. The van der Waals surface area contributed by atoms with Gasteiger partial charge in [-0.05, 0) is 29.8 Å². The lowest BCUT2D eigenvalue weighted by atomic mass is 10.1. The zero-order valence-electron chi connectivity index (χ0n) is 9.30. The Labute approximate surface area is 114 Å². The third-order valence-electron chi connectivity index (χ3n) is 2.44. The highest BCUT2D eigenvalue weighted by molar-refractivity contribution is 9.10. The summed E-state index contributed by atoms with van der Waals surface area (Å²) >= 11 is 5.28. The molecule has 0 fully saturated rings. The van der Waals surface area contributed by atoms with Gasteiger partial charge in [-0.15, -0.1) is 11.8 Å². The van der Waals surface area contributed by atoms with E-state index in [0.29, 0.717) is 11.8 Å². The highest BCUT2D eigenvalue weighted by Gasteiger charge is 2.11. The van der Waals surface area contributed by atoms with Crippen molar-refractivity contribution in [1.29, 1.82) is 0 Å². The van der Waals surface area contributed by atoms with Crippen molar-refractivity contribution in [3.63, 3.8) is 0 Å². The molecule has 2 rings (SSSR count). The van der Waals surface area contributed by atoms with E-state index in [9.17, 15) is 0 Å². The van der Waals surface area contributed by atoms with Crippen molar-refractivity contribution in [1.82, 2.24) is 0 Å². The maximum Gasteiger partial charge on any atom is 0.113 e. The Hall–Kier alpha value is -0.710. The molecule has 1 aromatic heterocycles. The lowest BCUT2D eigenvalue weighted by molar-refractivity contribution is 0.530. The summed E-state index contributed by atoms with van der Waals surface area (Å²) in [6.45, 7) is 0.627. The van der Waals surface area contributed by atoms with Gasteiger partial charge >= 0.3 is 0 Å². The zero-order valence-corrected chi connectivity index (χ0v) is 11.7. The number of thioether (sulfide) groups is 1. The number of halogens is 1. The van der Waals surface area contributed by atoms with Crippen molar-refractivity contribution in [3.05, 3.63) is 58.5 Å². The SMILES string of the molecule is NCC(SCc1ccco1)c1cccc(Br)c1. The summed E-state index contributed by atoms with van der Waals surface area (Å²) in [6, 6.07) is 12.2. The highest BCUT2D eigenvalue weighted by Crippen LogP contribution is 2.31. The van der Waals surface area contributed by atoms with Crippen LogP contribution >= 0.6 is 27.7 Å². The van der Waals surface area contributed by atoms with E-state index < -0.39 is 0 Å². The van der Waals surface area contributed by atoms with Gasteiger partial charge in [-0.1, -0.05) is 28.1 Å². The summed E-state index contributed by atoms with van der Waals surface area (Å²) in [6.07, 6.45) is 1.70. The van der Waals surface area contributed by atoms with Crippen LogP contribution in [0.1, 0.15) is 16.6 Å². The first kappa shape index (κ1) is 12.7. The van der Waals surface area contributed by atoms with Crippen LogP contribution in [0, 0.1) is 0 Å². The van der Waals surface area contributed by atoms with Crippen molar-refractivity contribution >= 4 is 27.7 Å². The molecule has 2 N–H and O–H groups in total. The molecule has 17 heavy (non-hydrogen) atoms. The molecule has 0 saturated heterocycles. The Kier molecular flexibility index (Phi) is 4.71. The number of rotatable bonds is 5. The lowest BCUT2D eigenvalue weighted by Crippen LogP contribution is -2.09. The minimum atomic E-state index is 0.303. The van der Waals surface area contributed by atoms with Crippen LogP contribution in [-0.4, -0.2) is 6.54 Å². The molecule has 0 aliphatic heterocycles. The fourth-order valence-corrected chi connectivity index (χ4v) is 3.01. The van der Waals surface area contributed by atoms with Gasteiger partial charge in [-0.3, -0.25) is 0 Å². The van der Waals surface area contributed by atoms with Crippen LogP contribution in [0.4, 0.5) is 0 Å². The second-order valence-electron chi connectivity index (χ2n) is 3.67. The van der Waals surface area contributed by atoms with Crippen LogP contribution in [0.25, 0.3) is 0 Å². The minimum absolute atomic E-state index is 0.303. The third-order valence-corrected chi connectivity index (χ3v) is 4.25. The number of hydrogen-bond donors (Lipinski definition) is 1. The molecule has 1 aromatic carbocycles. The fourth-order valence-electron chi connectivity index (χ4n) is 1.58. The largest absolute Gasteiger partial charge is 0.468 e. The molecule has 1 atom stereocenters. The van der Waals surface area contributed by atoms with Crippen molar-refractivity contribution in [2.24, 2.45) is 5.73 Å². The van der Waals surface area contributed by atoms with Gasteiger partial charge in [0.1, 0.15) is 5.76 Å². The average Bonchev–Trinajstić information content (AvgIpc) is 2.83. The van der Waals surface area contributed by atoms with E-state index in [0.717, 1.165) is 16.0 Å². The van der Waals surface area contributed by atoms with E-state index in [1.165, 1.54) is 5.56 Å². The first-order valence-corrected chi connectivity index (χ1v) is 7.23. The first-order chi connectivity index (χ1) is 8.29. The highest BCUT2D eigenvalue weighted by atomic mass is 79.9. The Morgan fingerprint density at radius 3 is 2.82 bits per heavy atom. The van der Waals surface area contributed by atoms with Gasteiger partial charge in [0, 0.05) is 16.3 Å². The van der Waals surface area contributed by atoms with Crippen LogP contribution in [0.15, 0.2) is 51.6 Å². The van der Waals surface area contributed by atoms with Crippen molar-refractivity contribution in [2.75, 3.05) is 6.54 Å². The summed E-state index contributed by atoms with van der Waals surface area (Å²) in [5, 5.41) is 0.303. The van der Waals surface area contributed by atoms with Gasteiger partial charge in [-0.2, -0.15) is 0 Å². The molecule has 2 nitrogen and oxygen atoms in total. The second-order valence-corrected chi connectivity index (χ2v) is 5.78. The third kappa shape index (κ3) is 3.63. The second kappa shape index (κ2) is 6.28. The van der Waals surface area contributed by atoms with Crippen LogP contribution in [0.3, 0.4) is 0 Å². The molecule has 2 aromatic rings. The number of furan rings is 1. The normalized spacial score (nSPS) is 12.6. The number of nitrogens with two attached hydrogens (primary N) is 1. The summed E-state index contributed by atoms with van der Waals surface area (Å²) in [4.78, 5) is 0. The molecule has 4 heteroatoms. The Morgan fingerprint density at radius 2 is 2.18 bits per heavy atom. The maximum absolute atomic E-state index is 5.83. The van der Waals surface area contributed by atoms with Crippen molar-refractivity contribution < 1.29 is 4.42 Å². The van der Waals surface area contributed by atoms with E-state index >= 15 is 0 Å². The molecule has 90 valence electrons. The van der Waals surface area contributed by atoms with E-state index in [-0.39, 0.29) is 0 Å². The molecule has 0 bridgehead atoms. The smallest absolute Gasteiger partial charge is 0.113 e. The van der Waals surface area contributed by atoms with E-state index in [2.05, 4.69) is 28.1 Å². The minimum Gasteiger partial charge on any atom is -0.468 e. The van der Waals surface area contributed by atoms with E-state index in [1.807, 2.05) is 24.3 Å². The Bertz CT molecular complexity index is 458. The Balaban J connectivity index is 2.01. The van der Waals surface area contributed by atoms with Crippen molar-refractivity contribution in [2.45, 2.75) is 11.0 Å². The van der Waals surface area contributed by atoms with Gasteiger partial charge in [0.25, 0.3) is 0 Å². The van der Waals surface area contributed by atoms with Gasteiger partial charge in [-0.25, -0.2) is 0 Å². The molecule has 0 aliphatic rings.